The first-order valence-corrected chi connectivity index (χ1v) is 13.1. The molecule has 0 unspecified atom stereocenters. The molecule has 40 heavy (non-hydrogen) atoms. The molecule has 5 rings (SSSR count). The number of nitrogens with one attached hydrogen (secondary N) is 1. The van der Waals surface area contributed by atoms with E-state index in [1.807, 2.05) is 21.9 Å². The van der Waals surface area contributed by atoms with Gasteiger partial charge in [0.05, 0.1) is 25.2 Å². The highest BCUT2D eigenvalue weighted by atomic mass is 16.6. The van der Waals surface area contributed by atoms with Crippen LogP contribution in [0.1, 0.15) is 20.7 Å². The third kappa shape index (κ3) is 5.99. The van der Waals surface area contributed by atoms with Gasteiger partial charge in [-0.1, -0.05) is 0 Å². The number of nitro groups is 1. The lowest BCUT2D eigenvalue weighted by molar-refractivity contribution is -0.384. The Hall–Kier alpha value is -4.64. The largest absolute Gasteiger partial charge is 0.497 e. The number of amides is 2. The van der Waals surface area contributed by atoms with Crippen molar-refractivity contribution in [2.24, 2.45) is 0 Å². The van der Waals surface area contributed by atoms with E-state index < -0.39 is 10.8 Å². The summed E-state index contributed by atoms with van der Waals surface area (Å²) in [5, 5.41) is 14.6. The van der Waals surface area contributed by atoms with E-state index in [0.29, 0.717) is 75.2 Å². The topological polar surface area (TPSA) is 117 Å². The minimum atomic E-state index is -0.458. The van der Waals surface area contributed by atoms with Crippen LogP contribution in [-0.2, 0) is 4.74 Å². The zero-order chi connectivity index (χ0) is 28.1. The number of methoxy groups -OCH3 is 1. The summed E-state index contributed by atoms with van der Waals surface area (Å²) in [6.07, 6.45) is 0. The van der Waals surface area contributed by atoms with Crippen LogP contribution in [-0.4, -0.2) is 81.2 Å². The van der Waals surface area contributed by atoms with Gasteiger partial charge < -0.3 is 29.5 Å². The number of nitro benzene ring substituents is 1. The molecule has 3 aromatic carbocycles. The number of nitrogens with zero attached hydrogens (tertiary/aromatic N) is 4. The first-order chi connectivity index (χ1) is 19.4. The van der Waals surface area contributed by atoms with Crippen LogP contribution in [0.15, 0.2) is 66.7 Å². The van der Waals surface area contributed by atoms with Gasteiger partial charge in [0.15, 0.2) is 0 Å². The van der Waals surface area contributed by atoms with Gasteiger partial charge in [0.2, 0.25) is 0 Å². The van der Waals surface area contributed by atoms with Gasteiger partial charge in [-0.3, -0.25) is 19.7 Å². The second-order valence-electron chi connectivity index (χ2n) is 9.57. The number of carbonyl (C=O) groups is 2. The van der Waals surface area contributed by atoms with Crippen molar-refractivity contribution < 1.29 is 24.0 Å². The van der Waals surface area contributed by atoms with Crippen LogP contribution in [0, 0.1) is 10.1 Å². The molecule has 0 spiro atoms. The second kappa shape index (κ2) is 12.0. The van der Waals surface area contributed by atoms with Crippen LogP contribution in [0.5, 0.6) is 5.75 Å². The lowest BCUT2D eigenvalue weighted by atomic mass is 10.1. The smallest absolute Gasteiger partial charge is 0.293 e. The van der Waals surface area contributed by atoms with E-state index in [4.69, 9.17) is 9.47 Å². The molecule has 0 atom stereocenters. The standard InChI is InChI=1S/C29H31N5O6/c1-39-25-9-2-21(3-10-25)29(36)33-14-12-31(13-15-33)24-7-5-23(6-8-24)30-28(35)22-4-11-26(27(20-22)34(37)38)32-16-18-40-19-17-32/h2-11,20H,12-19H2,1H3,(H,30,35). The third-order valence-corrected chi connectivity index (χ3v) is 7.18. The van der Waals surface area contributed by atoms with Crippen molar-refractivity contribution in [3.05, 3.63) is 88.0 Å². The Balaban J connectivity index is 1.18. The number of hydrogen-bond donors (Lipinski definition) is 1. The highest BCUT2D eigenvalue weighted by Gasteiger charge is 2.24. The summed E-state index contributed by atoms with van der Waals surface area (Å²) in [5.41, 5.74) is 2.80. The van der Waals surface area contributed by atoms with E-state index in [-0.39, 0.29) is 17.2 Å². The van der Waals surface area contributed by atoms with Crippen molar-refractivity contribution in [1.82, 2.24) is 4.90 Å². The van der Waals surface area contributed by atoms with Crippen LogP contribution in [0.25, 0.3) is 0 Å². The van der Waals surface area contributed by atoms with Gasteiger partial charge in [0.1, 0.15) is 11.4 Å². The highest BCUT2D eigenvalue weighted by molar-refractivity contribution is 6.05. The van der Waals surface area contributed by atoms with Gasteiger partial charge >= 0.3 is 0 Å². The molecule has 2 aliphatic rings. The summed E-state index contributed by atoms with van der Waals surface area (Å²) < 4.78 is 10.5. The predicted octanol–water partition coefficient (Wildman–Crippen LogP) is 3.65. The highest BCUT2D eigenvalue weighted by Crippen LogP contribution is 2.30. The molecule has 2 amide bonds. The first-order valence-electron chi connectivity index (χ1n) is 13.1. The average molecular weight is 546 g/mol. The minimum Gasteiger partial charge on any atom is -0.497 e. The summed E-state index contributed by atoms with van der Waals surface area (Å²) in [5.74, 6) is 0.289. The van der Waals surface area contributed by atoms with Gasteiger partial charge in [0.25, 0.3) is 17.5 Å². The molecule has 1 N–H and O–H groups in total. The van der Waals surface area contributed by atoms with Crippen LogP contribution in [0.4, 0.5) is 22.7 Å². The molecule has 0 aliphatic carbocycles. The molecule has 208 valence electrons. The van der Waals surface area contributed by atoms with Crippen molar-refractivity contribution in [2.45, 2.75) is 0 Å². The van der Waals surface area contributed by atoms with Gasteiger partial charge in [-0.25, -0.2) is 0 Å². The zero-order valence-electron chi connectivity index (χ0n) is 22.2. The van der Waals surface area contributed by atoms with Crippen molar-refractivity contribution in [3.8, 4) is 5.75 Å². The molecule has 2 aliphatic heterocycles. The Morgan fingerprint density at radius 3 is 2.12 bits per heavy atom. The number of carbonyl (C=O) groups excluding carboxylic acids is 2. The van der Waals surface area contributed by atoms with E-state index in [1.165, 1.54) is 6.07 Å². The number of hydrogen-bond acceptors (Lipinski definition) is 8. The van der Waals surface area contributed by atoms with Crippen LogP contribution in [0.3, 0.4) is 0 Å². The SMILES string of the molecule is COc1ccc(C(=O)N2CCN(c3ccc(NC(=O)c4ccc(N5CCOCC5)c([N+](=O)[O-])c4)cc3)CC2)cc1. The average Bonchev–Trinajstić information content (AvgIpc) is 3.01. The molecule has 2 saturated heterocycles. The van der Waals surface area contributed by atoms with Gasteiger partial charge in [-0.15, -0.1) is 0 Å². The molecular weight excluding hydrogens is 514 g/mol. The molecule has 0 radical (unpaired) electrons. The van der Waals surface area contributed by atoms with E-state index in [2.05, 4.69) is 10.2 Å². The zero-order valence-corrected chi connectivity index (χ0v) is 22.2. The quantitative estimate of drug-likeness (QED) is 0.353. The molecule has 0 saturated carbocycles. The molecule has 2 heterocycles. The number of anilines is 3. The molecule has 11 heteroatoms. The maximum absolute atomic E-state index is 12.9. The monoisotopic (exact) mass is 545 g/mol. The van der Waals surface area contributed by atoms with Crippen LogP contribution < -0.4 is 19.9 Å². The molecule has 0 bridgehead atoms. The van der Waals surface area contributed by atoms with Crippen LogP contribution >= 0.6 is 0 Å². The fourth-order valence-corrected chi connectivity index (χ4v) is 4.93. The Morgan fingerprint density at radius 2 is 1.50 bits per heavy atom. The maximum atomic E-state index is 12.9. The summed E-state index contributed by atoms with van der Waals surface area (Å²) in [7, 11) is 1.59. The van der Waals surface area contributed by atoms with Crippen molar-refractivity contribution in [1.29, 1.82) is 0 Å². The first kappa shape index (κ1) is 26.9. The van der Waals surface area contributed by atoms with E-state index in [9.17, 15) is 19.7 Å². The fraction of sp³-hybridized carbons (Fsp3) is 0.310. The van der Waals surface area contributed by atoms with Gasteiger partial charge in [-0.2, -0.15) is 0 Å². The predicted molar refractivity (Wildman–Crippen MR) is 152 cm³/mol. The molecule has 2 fully saturated rings. The minimum absolute atomic E-state index is 0.00132. The molecule has 11 nitrogen and oxygen atoms in total. The Labute approximate surface area is 232 Å². The Kier molecular flexibility index (Phi) is 8.11. The van der Waals surface area contributed by atoms with E-state index >= 15 is 0 Å². The number of ether oxygens (including phenoxy) is 2. The van der Waals surface area contributed by atoms with E-state index in [1.54, 1.807) is 55.6 Å². The normalized spacial score (nSPS) is 15.5. The summed E-state index contributed by atoms with van der Waals surface area (Å²) in [6, 6.07) is 19.1. The summed E-state index contributed by atoms with van der Waals surface area (Å²) in [6.45, 7) is 4.71. The maximum Gasteiger partial charge on any atom is 0.293 e. The Bertz CT molecular complexity index is 1360. The lowest BCUT2D eigenvalue weighted by Gasteiger charge is -2.36. The number of benzene rings is 3. The lowest BCUT2D eigenvalue weighted by Crippen LogP contribution is -2.48. The fourth-order valence-electron chi connectivity index (χ4n) is 4.93. The summed E-state index contributed by atoms with van der Waals surface area (Å²) >= 11 is 0. The van der Waals surface area contributed by atoms with Crippen molar-refractivity contribution >= 4 is 34.6 Å². The van der Waals surface area contributed by atoms with Gasteiger partial charge in [-0.05, 0) is 60.7 Å². The third-order valence-electron chi connectivity index (χ3n) is 7.18. The number of piperazine rings is 1. The second-order valence-corrected chi connectivity index (χ2v) is 9.57. The van der Waals surface area contributed by atoms with E-state index in [0.717, 1.165) is 5.69 Å². The van der Waals surface area contributed by atoms with Crippen molar-refractivity contribution in [2.75, 3.05) is 74.7 Å². The molecular formula is C29H31N5O6. The summed E-state index contributed by atoms with van der Waals surface area (Å²) in [4.78, 5) is 42.9. The number of morpholine rings is 1. The Morgan fingerprint density at radius 1 is 0.850 bits per heavy atom. The molecule has 3 aromatic rings. The van der Waals surface area contributed by atoms with Crippen molar-refractivity contribution in [3.63, 3.8) is 0 Å². The molecule has 0 aromatic heterocycles. The number of rotatable bonds is 7. The van der Waals surface area contributed by atoms with Crippen LogP contribution in [0.2, 0.25) is 0 Å². The van der Waals surface area contributed by atoms with Gasteiger partial charge in [0, 0.05) is 67.8 Å².